The van der Waals surface area contributed by atoms with Crippen molar-refractivity contribution >= 4 is 5.91 Å². The first-order chi connectivity index (χ1) is 4.98. The average molecular weight is 156 g/mol. The van der Waals surface area contributed by atoms with Crippen molar-refractivity contribution in [2.24, 2.45) is 5.73 Å². The standard InChI is InChI=1S/C8H16N2O/c1-4-10-8(2,3)6-5-7(9)11/h5-6,10H,4H2,1-3H3,(H2,9,11)/b6-5+. The third-order valence-corrected chi connectivity index (χ3v) is 1.30. The summed E-state index contributed by atoms with van der Waals surface area (Å²) in [5.74, 6) is -0.407. The molecule has 0 spiro atoms. The Morgan fingerprint density at radius 3 is 2.55 bits per heavy atom. The van der Waals surface area contributed by atoms with Gasteiger partial charge in [-0.15, -0.1) is 0 Å². The molecule has 0 unspecified atom stereocenters. The molecule has 0 fully saturated rings. The lowest BCUT2D eigenvalue weighted by atomic mass is 10.1. The lowest BCUT2D eigenvalue weighted by Crippen LogP contribution is -2.37. The SMILES string of the molecule is CCNC(C)(C)/C=C/C(N)=O. The molecule has 0 saturated heterocycles. The molecule has 0 aromatic rings. The largest absolute Gasteiger partial charge is 0.366 e. The van der Waals surface area contributed by atoms with Crippen LogP contribution in [0.3, 0.4) is 0 Å². The van der Waals surface area contributed by atoms with E-state index in [1.807, 2.05) is 20.8 Å². The van der Waals surface area contributed by atoms with Crippen LogP contribution in [-0.4, -0.2) is 18.0 Å². The van der Waals surface area contributed by atoms with Gasteiger partial charge < -0.3 is 11.1 Å². The molecule has 3 N–H and O–H groups in total. The molecular formula is C8H16N2O. The van der Waals surface area contributed by atoms with Crippen LogP contribution in [0, 0.1) is 0 Å². The van der Waals surface area contributed by atoms with Crippen LogP contribution in [0.25, 0.3) is 0 Å². The summed E-state index contributed by atoms with van der Waals surface area (Å²) in [5.41, 5.74) is 4.79. The highest BCUT2D eigenvalue weighted by Gasteiger charge is 2.10. The van der Waals surface area contributed by atoms with Crippen molar-refractivity contribution in [1.29, 1.82) is 0 Å². The van der Waals surface area contributed by atoms with Crippen LogP contribution in [0.15, 0.2) is 12.2 Å². The van der Waals surface area contributed by atoms with Gasteiger partial charge in [-0.1, -0.05) is 13.0 Å². The Hall–Kier alpha value is -0.830. The minimum atomic E-state index is -0.407. The van der Waals surface area contributed by atoms with Gasteiger partial charge in [-0.25, -0.2) is 0 Å². The second kappa shape index (κ2) is 4.13. The Morgan fingerprint density at radius 1 is 1.64 bits per heavy atom. The molecule has 0 heterocycles. The van der Waals surface area contributed by atoms with E-state index in [9.17, 15) is 4.79 Å². The minimum Gasteiger partial charge on any atom is -0.366 e. The maximum absolute atomic E-state index is 10.4. The molecule has 3 heteroatoms. The first-order valence-corrected chi connectivity index (χ1v) is 3.71. The first-order valence-electron chi connectivity index (χ1n) is 3.71. The summed E-state index contributed by atoms with van der Waals surface area (Å²) < 4.78 is 0. The topological polar surface area (TPSA) is 55.1 Å². The van der Waals surface area contributed by atoms with Gasteiger partial charge >= 0.3 is 0 Å². The molecule has 0 bridgehead atoms. The van der Waals surface area contributed by atoms with Crippen molar-refractivity contribution in [2.75, 3.05) is 6.54 Å². The van der Waals surface area contributed by atoms with Gasteiger partial charge in [0.15, 0.2) is 0 Å². The molecule has 0 radical (unpaired) electrons. The number of primary amides is 1. The molecule has 0 aromatic carbocycles. The zero-order chi connectivity index (χ0) is 8.91. The zero-order valence-electron chi connectivity index (χ0n) is 7.35. The number of carbonyl (C=O) groups excluding carboxylic acids is 1. The Morgan fingerprint density at radius 2 is 2.18 bits per heavy atom. The van der Waals surface area contributed by atoms with Gasteiger partial charge in [0, 0.05) is 11.6 Å². The molecule has 0 aliphatic rings. The molecule has 11 heavy (non-hydrogen) atoms. The van der Waals surface area contributed by atoms with Crippen LogP contribution in [0.5, 0.6) is 0 Å². The van der Waals surface area contributed by atoms with Gasteiger partial charge in [0.25, 0.3) is 0 Å². The predicted octanol–water partition coefficient (Wildman–Crippen LogP) is 0.416. The summed E-state index contributed by atoms with van der Waals surface area (Å²) in [7, 11) is 0. The van der Waals surface area contributed by atoms with Gasteiger partial charge in [-0.2, -0.15) is 0 Å². The number of rotatable bonds is 4. The van der Waals surface area contributed by atoms with Crippen LogP contribution in [0.1, 0.15) is 20.8 Å². The Labute approximate surface area is 67.7 Å². The van der Waals surface area contributed by atoms with Gasteiger partial charge in [0.05, 0.1) is 0 Å². The lowest BCUT2D eigenvalue weighted by Gasteiger charge is -2.20. The molecule has 64 valence electrons. The fourth-order valence-corrected chi connectivity index (χ4v) is 0.805. The first kappa shape index (κ1) is 10.2. The predicted molar refractivity (Wildman–Crippen MR) is 46.1 cm³/mol. The van der Waals surface area contributed by atoms with Crippen molar-refractivity contribution in [3.05, 3.63) is 12.2 Å². The summed E-state index contributed by atoms with van der Waals surface area (Å²) >= 11 is 0. The number of likely N-dealkylation sites (N-methyl/N-ethyl adjacent to an activating group) is 1. The minimum absolute atomic E-state index is 0.149. The second-order valence-electron chi connectivity index (χ2n) is 2.99. The van der Waals surface area contributed by atoms with Crippen molar-refractivity contribution in [1.82, 2.24) is 5.32 Å². The van der Waals surface area contributed by atoms with Gasteiger partial charge in [-0.3, -0.25) is 4.79 Å². The molecule has 0 aliphatic heterocycles. The summed E-state index contributed by atoms with van der Waals surface area (Å²) in [5, 5.41) is 3.18. The number of hydrogen-bond donors (Lipinski definition) is 2. The highest BCUT2D eigenvalue weighted by Crippen LogP contribution is 2.02. The zero-order valence-corrected chi connectivity index (χ0v) is 7.35. The van der Waals surface area contributed by atoms with Crippen LogP contribution >= 0.6 is 0 Å². The van der Waals surface area contributed by atoms with Gasteiger partial charge in [-0.05, 0) is 20.4 Å². The third-order valence-electron chi connectivity index (χ3n) is 1.30. The number of hydrogen-bond acceptors (Lipinski definition) is 2. The van der Waals surface area contributed by atoms with E-state index >= 15 is 0 Å². The fraction of sp³-hybridized carbons (Fsp3) is 0.625. The second-order valence-corrected chi connectivity index (χ2v) is 2.99. The van der Waals surface area contributed by atoms with Crippen molar-refractivity contribution in [3.63, 3.8) is 0 Å². The number of nitrogens with two attached hydrogens (primary N) is 1. The van der Waals surface area contributed by atoms with Crippen LogP contribution in [0.4, 0.5) is 0 Å². The Bertz CT molecular complexity index is 161. The normalized spacial score (nSPS) is 12.3. The van der Waals surface area contributed by atoms with Crippen molar-refractivity contribution in [2.45, 2.75) is 26.3 Å². The van der Waals surface area contributed by atoms with Crippen molar-refractivity contribution < 1.29 is 4.79 Å². The lowest BCUT2D eigenvalue weighted by molar-refractivity contribution is -0.113. The summed E-state index contributed by atoms with van der Waals surface area (Å²) in [6, 6.07) is 0. The van der Waals surface area contributed by atoms with E-state index in [0.717, 1.165) is 6.54 Å². The van der Waals surface area contributed by atoms with E-state index in [1.54, 1.807) is 6.08 Å². The molecule has 0 aromatic heterocycles. The monoisotopic (exact) mass is 156 g/mol. The molecule has 0 rings (SSSR count). The van der Waals surface area contributed by atoms with Crippen molar-refractivity contribution in [3.8, 4) is 0 Å². The number of nitrogens with one attached hydrogen (secondary N) is 1. The van der Waals surface area contributed by atoms with E-state index in [0.29, 0.717) is 0 Å². The Kier molecular flexibility index (Phi) is 3.82. The summed E-state index contributed by atoms with van der Waals surface area (Å²) in [6.45, 7) is 6.85. The Balaban J connectivity index is 3.99. The highest BCUT2D eigenvalue weighted by atomic mass is 16.1. The third kappa shape index (κ3) is 5.61. The van der Waals surface area contributed by atoms with Gasteiger partial charge in [0.2, 0.25) is 5.91 Å². The molecule has 1 amide bonds. The van der Waals surface area contributed by atoms with Crippen LogP contribution in [0.2, 0.25) is 0 Å². The number of carbonyl (C=O) groups is 1. The summed E-state index contributed by atoms with van der Waals surface area (Å²) in [6.07, 6.45) is 3.14. The van der Waals surface area contributed by atoms with E-state index in [2.05, 4.69) is 5.32 Å². The maximum Gasteiger partial charge on any atom is 0.241 e. The van der Waals surface area contributed by atoms with E-state index in [1.165, 1.54) is 6.08 Å². The average Bonchev–Trinajstić information content (AvgIpc) is 1.84. The molecular weight excluding hydrogens is 140 g/mol. The summed E-state index contributed by atoms with van der Waals surface area (Å²) in [4.78, 5) is 10.4. The quantitative estimate of drug-likeness (QED) is 0.579. The molecule has 3 nitrogen and oxygen atoms in total. The smallest absolute Gasteiger partial charge is 0.241 e. The maximum atomic E-state index is 10.4. The molecule has 0 saturated carbocycles. The van der Waals surface area contributed by atoms with Crippen LogP contribution < -0.4 is 11.1 Å². The molecule has 0 atom stereocenters. The molecule has 0 aliphatic carbocycles. The van der Waals surface area contributed by atoms with E-state index in [-0.39, 0.29) is 5.54 Å². The van der Waals surface area contributed by atoms with E-state index in [4.69, 9.17) is 5.73 Å². The fourth-order valence-electron chi connectivity index (χ4n) is 0.805. The van der Waals surface area contributed by atoms with Gasteiger partial charge in [0.1, 0.15) is 0 Å². The van der Waals surface area contributed by atoms with Crippen LogP contribution in [-0.2, 0) is 4.79 Å². The van der Waals surface area contributed by atoms with E-state index < -0.39 is 5.91 Å². The number of amides is 1. The highest BCUT2D eigenvalue weighted by molar-refractivity contribution is 5.85.